The average molecular weight is 637 g/mol. The lowest BCUT2D eigenvalue weighted by molar-refractivity contribution is -0.151. The van der Waals surface area contributed by atoms with Crippen LogP contribution in [0.4, 0.5) is 0 Å². The van der Waals surface area contributed by atoms with Gasteiger partial charge in [-0.2, -0.15) is 0 Å². The van der Waals surface area contributed by atoms with E-state index in [1.807, 2.05) is 78.9 Å². The molecule has 242 valence electrons. The molecule has 0 saturated carbocycles. The Balaban J connectivity index is 0.000000761. The molecule has 9 nitrogen and oxygen atoms in total. The van der Waals surface area contributed by atoms with Gasteiger partial charge < -0.3 is 25.2 Å². The van der Waals surface area contributed by atoms with Crippen LogP contribution >= 0.6 is 12.6 Å². The first-order valence-corrected chi connectivity index (χ1v) is 15.3. The molecule has 3 unspecified atom stereocenters. The monoisotopic (exact) mass is 636 g/mol. The maximum absolute atomic E-state index is 12.5. The molecule has 0 aliphatic carbocycles. The zero-order valence-electron chi connectivity index (χ0n) is 26.3. The fourth-order valence-corrected chi connectivity index (χ4v) is 4.63. The second-order valence-corrected chi connectivity index (χ2v) is 11.2. The topological polar surface area (TPSA) is 131 Å². The van der Waals surface area contributed by atoms with Crippen LogP contribution in [0.5, 0.6) is 0 Å². The number of aryl methyl sites for hydroxylation is 1. The molecule has 0 saturated heterocycles. The molecule has 10 heteroatoms. The number of rotatable bonds is 14. The van der Waals surface area contributed by atoms with Gasteiger partial charge in [-0.3, -0.25) is 14.4 Å². The van der Waals surface area contributed by atoms with Gasteiger partial charge in [-0.05, 0) is 61.4 Å². The summed E-state index contributed by atoms with van der Waals surface area (Å²) in [5, 5.41) is 15.4. The van der Waals surface area contributed by atoms with E-state index in [9.17, 15) is 24.3 Å². The molecule has 0 spiro atoms. The Morgan fingerprint density at radius 1 is 0.822 bits per heavy atom. The lowest BCUT2D eigenvalue weighted by atomic mass is 10.0. The maximum Gasteiger partial charge on any atom is 0.334 e. The molecule has 0 radical (unpaired) electrons. The summed E-state index contributed by atoms with van der Waals surface area (Å²) in [6.45, 7) is 4.85. The van der Waals surface area contributed by atoms with Gasteiger partial charge in [0.25, 0.3) is 0 Å². The number of nitrogens with one attached hydrogen (secondary N) is 2. The minimum Gasteiger partial charge on any atom is -0.467 e. The summed E-state index contributed by atoms with van der Waals surface area (Å²) < 4.78 is 9.88. The van der Waals surface area contributed by atoms with Crippen LogP contribution in [0, 0.1) is 6.92 Å². The molecule has 3 N–H and O–H groups in total. The van der Waals surface area contributed by atoms with Crippen LogP contribution in [0.3, 0.4) is 0 Å². The van der Waals surface area contributed by atoms with Gasteiger partial charge in [-0.25, -0.2) is 4.79 Å². The lowest BCUT2D eigenvalue weighted by Gasteiger charge is -2.23. The third-order valence-electron chi connectivity index (χ3n) is 6.83. The van der Waals surface area contributed by atoms with E-state index in [1.165, 1.54) is 26.5 Å². The molecule has 2 amide bonds. The molecule has 0 bridgehead atoms. The molecule has 3 rings (SSSR count). The van der Waals surface area contributed by atoms with Crippen molar-refractivity contribution in [3.8, 4) is 11.1 Å². The van der Waals surface area contributed by atoms with Crippen LogP contribution < -0.4 is 10.6 Å². The first-order chi connectivity index (χ1) is 21.5. The summed E-state index contributed by atoms with van der Waals surface area (Å²) in [5.74, 6) is -1.68. The summed E-state index contributed by atoms with van der Waals surface area (Å²) >= 11 is 4.13. The molecule has 3 aromatic carbocycles. The van der Waals surface area contributed by atoms with Crippen molar-refractivity contribution in [3.05, 3.63) is 90.0 Å². The highest BCUT2D eigenvalue weighted by Gasteiger charge is 2.21. The van der Waals surface area contributed by atoms with E-state index in [0.29, 0.717) is 19.3 Å². The molecule has 45 heavy (non-hydrogen) atoms. The predicted octanol–water partition coefficient (Wildman–Crippen LogP) is 4.83. The van der Waals surface area contributed by atoms with Crippen molar-refractivity contribution >= 4 is 36.4 Å². The summed E-state index contributed by atoms with van der Waals surface area (Å²) in [5.41, 5.74) is 4.30. The van der Waals surface area contributed by atoms with E-state index < -0.39 is 24.1 Å². The number of ether oxygens (including phenoxy) is 2. The van der Waals surface area contributed by atoms with E-state index in [4.69, 9.17) is 4.74 Å². The van der Waals surface area contributed by atoms with Gasteiger partial charge >= 0.3 is 11.9 Å². The first kappa shape index (κ1) is 37.0. The third kappa shape index (κ3) is 15.4. The van der Waals surface area contributed by atoms with E-state index in [0.717, 1.165) is 21.6 Å². The minimum atomic E-state index is -1.29. The number of hydrogen-bond donors (Lipinski definition) is 4. The Kier molecular flexibility index (Phi) is 16.5. The number of carbonyl (C=O) groups is 4. The van der Waals surface area contributed by atoms with Crippen molar-refractivity contribution in [2.45, 2.75) is 76.0 Å². The van der Waals surface area contributed by atoms with Crippen LogP contribution in [0.1, 0.15) is 50.7 Å². The summed E-state index contributed by atoms with van der Waals surface area (Å²) in [6.07, 6.45) is -0.478. The number of methoxy groups -OCH3 is 1. The van der Waals surface area contributed by atoms with Crippen molar-refractivity contribution in [1.29, 1.82) is 0 Å². The Hall–Kier alpha value is -4.15. The lowest BCUT2D eigenvalue weighted by Crippen LogP contribution is -2.38. The van der Waals surface area contributed by atoms with Crippen LogP contribution in [0.15, 0.2) is 83.8 Å². The largest absolute Gasteiger partial charge is 0.467 e. The van der Waals surface area contributed by atoms with E-state index in [2.05, 4.69) is 34.9 Å². The minimum absolute atomic E-state index is 0.107. The average Bonchev–Trinajstić information content (AvgIpc) is 3.02. The van der Waals surface area contributed by atoms with E-state index >= 15 is 0 Å². The van der Waals surface area contributed by atoms with Crippen molar-refractivity contribution < 1.29 is 33.8 Å². The number of aliphatic hydroxyl groups is 1. The van der Waals surface area contributed by atoms with E-state index in [-0.39, 0.29) is 37.2 Å². The predicted molar refractivity (Wildman–Crippen MR) is 177 cm³/mol. The standard InChI is InChI=1S/C28H36N2O7.C7H8S/c1-19(31)30-24(14-16-26(33)28(35)36-3)13-15-25(37-20(2)32)18-29-27(34)17-21-9-11-23(12-10-21)22-7-5-4-6-8-22;1-6-2-4-7(8)5-3-6/h4-12,24-26,33H,13-18H2,1-3H3,(H,29,34)(H,30,31);2-5,8H,1H3. The highest BCUT2D eigenvalue weighted by molar-refractivity contribution is 7.80. The highest BCUT2D eigenvalue weighted by Crippen LogP contribution is 2.19. The van der Waals surface area contributed by atoms with E-state index in [1.54, 1.807) is 0 Å². The van der Waals surface area contributed by atoms with Gasteiger partial charge in [-0.1, -0.05) is 72.3 Å². The molecule has 0 aliphatic heterocycles. The normalized spacial score (nSPS) is 12.4. The number of esters is 2. The van der Waals surface area contributed by atoms with Crippen LogP contribution in [0.2, 0.25) is 0 Å². The number of thiol groups is 1. The van der Waals surface area contributed by atoms with Crippen molar-refractivity contribution in [2.24, 2.45) is 0 Å². The summed E-state index contributed by atoms with van der Waals surface area (Å²) in [4.78, 5) is 48.2. The van der Waals surface area contributed by atoms with Gasteiger partial charge in [0, 0.05) is 24.8 Å². The van der Waals surface area contributed by atoms with Gasteiger partial charge in [0.2, 0.25) is 11.8 Å². The molecule has 0 aromatic heterocycles. The Morgan fingerprint density at radius 2 is 1.42 bits per heavy atom. The van der Waals surface area contributed by atoms with Crippen LogP contribution in [-0.2, 0) is 35.1 Å². The van der Waals surface area contributed by atoms with Gasteiger partial charge in [-0.15, -0.1) is 12.6 Å². The number of amides is 2. The zero-order valence-corrected chi connectivity index (χ0v) is 27.2. The molecule has 0 fully saturated rings. The zero-order chi connectivity index (χ0) is 33.2. The van der Waals surface area contributed by atoms with Crippen LogP contribution in [0.25, 0.3) is 11.1 Å². The first-order valence-electron chi connectivity index (χ1n) is 14.8. The van der Waals surface area contributed by atoms with Crippen LogP contribution in [-0.4, -0.2) is 60.8 Å². The van der Waals surface area contributed by atoms with Gasteiger partial charge in [0.1, 0.15) is 6.10 Å². The highest BCUT2D eigenvalue weighted by atomic mass is 32.1. The molecular formula is C35H44N2O7S. The SMILES string of the molecule is COC(=O)C(O)CCC(CCC(CNC(=O)Cc1ccc(-c2ccccc2)cc1)OC(C)=O)NC(C)=O.Cc1ccc(S)cc1. The van der Waals surface area contributed by atoms with Crippen molar-refractivity contribution in [2.75, 3.05) is 13.7 Å². The van der Waals surface area contributed by atoms with Crippen molar-refractivity contribution in [3.63, 3.8) is 0 Å². The summed E-state index contributed by atoms with van der Waals surface area (Å²) in [6, 6.07) is 25.4. The molecule has 0 aliphatic rings. The number of carbonyl (C=O) groups excluding carboxylic acids is 4. The Labute approximate surface area is 271 Å². The quantitative estimate of drug-likeness (QED) is 0.147. The smallest absolute Gasteiger partial charge is 0.334 e. The number of benzene rings is 3. The Bertz CT molecular complexity index is 1330. The second kappa shape index (κ2) is 20.0. The molecule has 3 atom stereocenters. The molecule has 0 heterocycles. The molecular weight excluding hydrogens is 592 g/mol. The summed E-state index contributed by atoms with van der Waals surface area (Å²) in [7, 11) is 1.19. The third-order valence-corrected chi connectivity index (χ3v) is 7.12. The number of hydrogen-bond acceptors (Lipinski definition) is 8. The van der Waals surface area contributed by atoms with Gasteiger partial charge in [0.05, 0.1) is 20.1 Å². The van der Waals surface area contributed by atoms with Crippen molar-refractivity contribution in [1.82, 2.24) is 10.6 Å². The fraction of sp³-hybridized carbons (Fsp3) is 0.371. The van der Waals surface area contributed by atoms with Gasteiger partial charge in [0.15, 0.2) is 6.10 Å². The molecule has 3 aromatic rings. The fourth-order valence-electron chi connectivity index (χ4n) is 4.48. The Morgan fingerprint density at radius 3 is 1.98 bits per heavy atom. The number of aliphatic hydroxyl groups excluding tert-OH is 1. The second-order valence-electron chi connectivity index (χ2n) is 10.7. The maximum atomic E-state index is 12.5.